The van der Waals surface area contributed by atoms with E-state index in [1.54, 1.807) is 24.4 Å². The fourth-order valence-corrected chi connectivity index (χ4v) is 1.49. The van der Waals surface area contributed by atoms with E-state index < -0.39 is 0 Å². The van der Waals surface area contributed by atoms with Crippen LogP contribution >= 0.6 is 0 Å². The van der Waals surface area contributed by atoms with Crippen LogP contribution in [0.4, 0.5) is 5.69 Å². The van der Waals surface area contributed by atoms with Crippen molar-refractivity contribution in [3.05, 3.63) is 42.4 Å². The van der Waals surface area contributed by atoms with Crippen molar-refractivity contribution >= 4 is 5.69 Å². The fraction of sp³-hybridized carbons (Fsp3) is 0.154. The maximum Gasteiger partial charge on any atom is 0.222 e. The third kappa shape index (κ3) is 2.55. The molecule has 0 saturated heterocycles. The van der Waals surface area contributed by atoms with Gasteiger partial charge in [0.2, 0.25) is 5.88 Å². The fourth-order valence-electron chi connectivity index (χ4n) is 1.49. The predicted octanol–water partition coefficient (Wildman–Crippen LogP) is 2.21. The Kier molecular flexibility index (Phi) is 3.39. The minimum Gasteiger partial charge on any atom is -0.437 e. The summed E-state index contributed by atoms with van der Waals surface area (Å²) in [5.41, 5.74) is 1.43. The SMILES string of the molecule is CN(C)c1ccc(C#N)cc1Oc1ccncn1. The second-order valence-corrected chi connectivity index (χ2v) is 3.84. The molecule has 2 rings (SSSR count). The smallest absolute Gasteiger partial charge is 0.222 e. The highest BCUT2D eigenvalue weighted by Crippen LogP contribution is 2.31. The Morgan fingerprint density at radius 3 is 2.72 bits per heavy atom. The van der Waals surface area contributed by atoms with E-state index in [1.807, 2.05) is 25.1 Å². The third-order valence-corrected chi connectivity index (χ3v) is 2.34. The van der Waals surface area contributed by atoms with Crippen molar-refractivity contribution in [1.29, 1.82) is 5.26 Å². The molecule has 1 aromatic carbocycles. The van der Waals surface area contributed by atoms with Gasteiger partial charge >= 0.3 is 0 Å². The van der Waals surface area contributed by atoms with E-state index >= 15 is 0 Å². The van der Waals surface area contributed by atoms with Crippen LogP contribution in [0.1, 0.15) is 5.56 Å². The van der Waals surface area contributed by atoms with Crippen molar-refractivity contribution < 1.29 is 4.74 Å². The van der Waals surface area contributed by atoms with Gasteiger partial charge in [0.25, 0.3) is 0 Å². The van der Waals surface area contributed by atoms with Gasteiger partial charge in [0, 0.05) is 32.4 Å². The summed E-state index contributed by atoms with van der Waals surface area (Å²) in [5, 5.41) is 8.91. The maximum absolute atomic E-state index is 8.91. The van der Waals surface area contributed by atoms with Crippen LogP contribution in [0.15, 0.2) is 36.8 Å². The molecule has 1 heterocycles. The summed E-state index contributed by atoms with van der Waals surface area (Å²) < 4.78 is 5.67. The Hall–Kier alpha value is -2.61. The number of hydrogen-bond donors (Lipinski definition) is 0. The lowest BCUT2D eigenvalue weighted by Crippen LogP contribution is -2.10. The summed E-state index contributed by atoms with van der Waals surface area (Å²) in [5.74, 6) is 1.04. The lowest BCUT2D eigenvalue weighted by molar-refractivity contribution is 0.461. The molecule has 0 aliphatic carbocycles. The Morgan fingerprint density at radius 2 is 2.11 bits per heavy atom. The molecular formula is C13H12N4O. The monoisotopic (exact) mass is 240 g/mol. The van der Waals surface area contributed by atoms with E-state index in [2.05, 4.69) is 16.0 Å². The highest BCUT2D eigenvalue weighted by molar-refractivity contribution is 5.61. The lowest BCUT2D eigenvalue weighted by Gasteiger charge is -2.17. The van der Waals surface area contributed by atoms with Crippen molar-refractivity contribution in [2.24, 2.45) is 0 Å². The van der Waals surface area contributed by atoms with E-state index in [0.717, 1.165) is 5.69 Å². The van der Waals surface area contributed by atoms with Crippen LogP contribution in [-0.4, -0.2) is 24.1 Å². The summed E-state index contributed by atoms with van der Waals surface area (Å²) in [6.07, 6.45) is 3.02. The van der Waals surface area contributed by atoms with Gasteiger partial charge in [-0.3, -0.25) is 0 Å². The van der Waals surface area contributed by atoms with Gasteiger partial charge < -0.3 is 9.64 Å². The molecule has 0 unspecified atom stereocenters. The number of nitriles is 1. The van der Waals surface area contributed by atoms with Gasteiger partial charge in [0.1, 0.15) is 6.33 Å². The lowest BCUT2D eigenvalue weighted by atomic mass is 10.2. The molecule has 1 aromatic heterocycles. The molecule has 5 nitrogen and oxygen atoms in total. The first-order chi connectivity index (χ1) is 8.70. The average Bonchev–Trinajstić information content (AvgIpc) is 2.39. The summed E-state index contributed by atoms with van der Waals surface area (Å²) in [6, 6.07) is 9.04. The van der Waals surface area contributed by atoms with Crippen LogP contribution in [-0.2, 0) is 0 Å². The van der Waals surface area contributed by atoms with Crippen LogP contribution in [0.5, 0.6) is 11.6 Å². The van der Waals surface area contributed by atoms with Crippen molar-refractivity contribution in [2.45, 2.75) is 0 Å². The summed E-state index contributed by atoms with van der Waals surface area (Å²) in [4.78, 5) is 9.73. The van der Waals surface area contributed by atoms with Crippen molar-refractivity contribution in [2.75, 3.05) is 19.0 Å². The predicted molar refractivity (Wildman–Crippen MR) is 67.6 cm³/mol. The molecule has 0 aliphatic heterocycles. The number of benzene rings is 1. The molecule has 0 fully saturated rings. The minimum atomic E-state index is 0.447. The highest BCUT2D eigenvalue weighted by atomic mass is 16.5. The Morgan fingerprint density at radius 1 is 1.28 bits per heavy atom. The molecule has 0 radical (unpaired) electrons. The maximum atomic E-state index is 8.91. The molecule has 0 atom stereocenters. The summed E-state index contributed by atoms with van der Waals surface area (Å²) in [7, 11) is 3.82. The first kappa shape index (κ1) is 11.9. The molecule has 0 bridgehead atoms. The van der Waals surface area contributed by atoms with Crippen LogP contribution in [0.2, 0.25) is 0 Å². The molecule has 2 aromatic rings. The second kappa shape index (κ2) is 5.15. The summed E-state index contributed by atoms with van der Waals surface area (Å²) in [6.45, 7) is 0. The van der Waals surface area contributed by atoms with Crippen molar-refractivity contribution in [3.8, 4) is 17.7 Å². The van der Waals surface area contributed by atoms with Gasteiger partial charge in [-0.05, 0) is 12.1 Å². The molecule has 0 saturated carbocycles. The third-order valence-electron chi connectivity index (χ3n) is 2.34. The Balaban J connectivity index is 2.39. The first-order valence-electron chi connectivity index (χ1n) is 5.36. The zero-order valence-electron chi connectivity index (χ0n) is 10.2. The molecule has 0 N–H and O–H groups in total. The van der Waals surface area contributed by atoms with Gasteiger partial charge in [-0.25, -0.2) is 9.97 Å². The normalized spacial score (nSPS) is 9.61. The zero-order valence-corrected chi connectivity index (χ0v) is 10.2. The zero-order chi connectivity index (χ0) is 13.0. The van der Waals surface area contributed by atoms with Gasteiger partial charge in [-0.15, -0.1) is 0 Å². The van der Waals surface area contributed by atoms with Gasteiger partial charge in [-0.2, -0.15) is 5.26 Å². The number of aromatic nitrogens is 2. The highest BCUT2D eigenvalue weighted by Gasteiger charge is 2.08. The van der Waals surface area contributed by atoms with E-state index in [9.17, 15) is 0 Å². The molecule has 0 spiro atoms. The van der Waals surface area contributed by atoms with Crippen LogP contribution in [0.3, 0.4) is 0 Å². The largest absolute Gasteiger partial charge is 0.437 e. The van der Waals surface area contributed by atoms with E-state index in [0.29, 0.717) is 17.2 Å². The molecular weight excluding hydrogens is 228 g/mol. The van der Waals surface area contributed by atoms with Gasteiger partial charge in [0.05, 0.1) is 17.3 Å². The van der Waals surface area contributed by atoms with Crippen LogP contribution in [0, 0.1) is 11.3 Å². The van der Waals surface area contributed by atoms with Crippen molar-refractivity contribution in [1.82, 2.24) is 9.97 Å². The van der Waals surface area contributed by atoms with Gasteiger partial charge in [-0.1, -0.05) is 0 Å². The Bertz CT molecular complexity index is 575. The number of anilines is 1. The molecule has 18 heavy (non-hydrogen) atoms. The standard InChI is InChI=1S/C13H12N4O/c1-17(2)11-4-3-10(8-14)7-12(11)18-13-5-6-15-9-16-13/h3-7,9H,1-2H3. The first-order valence-corrected chi connectivity index (χ1v) is 5.36. The molecule has 0 amide bonds. The van der Waals surface area contributed by atoms with Crippen LogP contribution in [0.25, 0.3) is 0 Å². The quantitative estimate of drug-likeness (QED) is 0.823. The Labute approximate surface area is 105 Å². The average molecular weight is 240 g/mol. The van der Waals surface area contributed by atoms with Gasteiger partial charge in [0.15, 0.2) is 5.75 Å². The topological polar surface area (TPSA) is 62.0 Å². The molecule has 0 aliphatic rings. The number of hydrogen-bond acceptors (Lipinski definition) is 5. The van der Waals surface area contributed by atoms with E-state index in [-0.39, 0.29) is 0 Å². The molecule has 90 valence electrons. The number of nitrogens with zero attached hydrogens (tertiary/aromatic N) is 4. The number of ether oxygens (including phenoxy) is 1. The molecule has 5 heteroatoms. The van der Waals surface area contributed by atoms with E-state index in [1.165, 1.54) is 6.33 Å². The van der Waals surface area contributed by atoms with Crippen molar-refractivity contribution in [3.63, 3.8) is 0 Å². The summed E-state index contributed by atoms with van der Waals surface area (Å²) >= 11 is 0. The number of rotatable bonds is 3. The van der Waals surface area contributed by atoms with Crippen LogP contribution < -0.4 is 9.64 Å². The minimum absolute atomic E-state index is 0.447. The second-order valence-electron chi connectivity index (χ2n) is 3.84. The van der Waals surface area contributed by atoms with E-state index in [4.69, 9.17) is 10.00 Å².